The number of carbonyl (C=O) groups excluding carboxylic acids is 1. The van der Waals surface area contributed by atoms with Gasteiger partial charge in [-0.05, 0) is 48.5 Å². The maximum atomic E-state index is 13.0. The third kappa shape index (κ3) is 6.51. The number of fused-ring (bicyclic) bond motifs is 1. The monoisotopic (exact) mass is 615 g/mol. The first-order valence-electron chi connectivity index (χ1n) is 12.9. The Morgan fingerprint density at radius 3 is 2.44 bits per heavy atom. The van der Waals surface area contributed by atoms with E-state index in [9.17, 15) is 13.2 Å². The summed E-state index contributed by atoms with van der Waals surface area (Å²) in [4.78, 5) is 22.4. The quantitative estimate of drug-likeness (QED) is 0.271. The number of rotatable bonds is 10. The van der Waals surface area contributed by atoms with Crippen molar-refractivity contribution in [1.82, 2.24) is 15.2 Å². The zero-order valence-corrected chi connectivity index (χ0v) is 25.0. The SMILES string of the molecule is COc1ccc2sc(N3CCN(CCNC(=O)c4ccccc4NS(=O)(=O)c4ccc(Cl)cc4)CC3)nc2c1OC. The normalized spacial score (nSPS) is 14.2. The Labute approximate surface area is 247 Å². The van der Waals surface area contributed by atoms with Crippen molar-refractivity contribution in [2.75, 3.05) is 63.1 Å². The smallest absolute Gasteiger partial charge is 0.261 e. The fraction of sp³-hybridized carbons (Fsp3) is 0.286. The van der Waals surface area contributed by atoms with Crippen LogP contribution in [0.1, 0.15) is 10.4 Å². The van der Waals surface area contributed by atoms with E-state index in [0.717, 1.165) is 41.5 Å². The summed E-state index contributed by atoms with van der Waals surface area (Å²) in [5, 5.41) is 4.30. The molecule has 0 radical (unpaired) electrons. The summed E-state index contributed by atoms with van der Waals surface area (Å²) in [5.41, 5.74) is 1.25. The molecule has 3 aromatic carbocycles. The van der Waals surface area contributed by atoms with Crippen LogP contribution in [0.5, 0.6) is 11.5 Å². The molecule has 1 amide bonds. The minimum Gasteiger partial charge on any atom is -0.493 e. The second-order valence-corrected chi connectivity index (χ2v) is 12.5. The topological polar surface area (TPSA) is 113 Å². The molecule has 1 fully saturated rings. The minimum absolute atomic E-state index is 0.0564. The summed E-state index contributed by atoms with van der Waals surface area (Å²) in [6, 6.07) is 16.3. The van der Waals surface area contributed by atoms with E-state index in [-0.39, 0.29) is 22.1 Å². The zero-order chi connectivity index (χ0) is 29.0. The maximum absolute atomic E-state index is 13.0. The van der Waals surface area contributed by atoms with E-state index in [1.807, 2.05) is 12.1 Å². The highest BCUT2D eigenvalue weighted by atomic mass is 35.5. The number of methoxy groups -OCH3 is 2. The van der Waals surface area contributed by atoms with Crippen molar-refractivity contribution in [1.29, 1.82) is 0 Å². The standard InChI is InChI=1S/C28H30ClN5O5S2/c1-38-23-11-12-24-25(26(23)39-2)31-28(40-24)34-17-15-33(16-18-34)14-13-30-27(35)21-5-3-4-6-22(21)32-41(36,37)20-9-7-19(29)8-10-20/h3-12,32H,13-18H2,1-2H3,(H,30,35). The molecule has 0 spiro atoms. The molecule has 4 aromatic rings. The van der Waals surface area contributed by atoms with Crippen molar-refractivity contribution in [2.24, 2.45) is 0 Å². The van der Waals surface area contributed by atoms with E-state index >= 15 is 0 Å². The van der Waals surface area contributed by atoms with Gasteiger partial charge in [-0.2, -0.15) is 0 Å². The van der Waals surface area contributed by atoms with E-state index < -0.39 is 10.0 Å². The lowest BCUT2D eigenvalue weighted by atomic mass is 10.1. The van der Waals surface area contributed by atoms with E-state index in [2.05, 4.69) is 19.8 Å². The van der Waals surface area contributed by atoms with Gasteiger partial charge in [0.15, 0.2) is 16.6 Å². The second kappa shape index (κ2) is 12.5. The number of ether oxygens (including phenoxy) is 2. The Morgan fingerprint density at radius 1 is 1.00 bits per heavy atom. The number of hydrogen-bond donors (Lipinski definition) is 2. The van der Waals surface area contributed by atoms with Gasteiger partial charge < -0.3 is 19.7 Å². The number of para-hydroxylation sites is 1. The number of hydrogen-bond acceptors (Lipinski definition) is 9. The molecule has 216 valence electrons. The van der Waals surface area contributed by atoms with Gasteiger partial charge in [0.05, 0.1) is 35.1 Å². The van der Waals surface area contributed by atoms with Gasteiger partial charge in [-0.1, -0.05) is 35.1 Å². The lowest BCUT2D eigenvalue weighted by Gasteiger charge is -2.34. The number of aromatic nitrogens is 1. The molecule has 10 nitrogen and oxygen atoms in total. The highest BCUT2D eigenvalue weighted by Crippen LogP contribution is 2.40. The molecule has 0 bridgehead atoms. The predicted octanol–water partition coefficient (Wildman–Crippen LogP) is 4.32. The van der Waals surface area contributed by atoms with Crippen LogP contribution in [0, 0.1) is 0 Å². The number of thiazole rings is 1. The molecule has 1 saturated heterocycles. The molecule has 1 aliphatic rings. The van der Waals surface area contributed by atoms with E-state index in [4.69, 9.17) is 26.1 Å². The van der Waals surface area contributed by atoms with Gasteiger partial charge in [-0.25, -0.2) is 13.4 Å². The van der Waals surface area contributed by atoms with Crippen LogP contribution in [0.2, 0.25) is 5.02 Å². The molecule has 1 aliphatic heterocycles. The van der Waals surface area contributed by atoms with Crippen molar-refractivity contribution in [3.8, 4) is 11.5 Å². The van der Waals surface area contributed by atoms with Crippen molar-refractivity contribution in [2.45, 2.75) is 4.90 Å². The molecule has 2 N–H and O–H groups in total. The molecule has 2 heterocycles. The van der Waals surface area contributed by atoms with E-state index in [1.165, 1.54) is 24.3 Å². The number of benzene rings is 3. The third-order valence-electron chi connectivity index (χ3n) is 6.79. The number of carbonyl (C=O) groups is 1. The molecule has 0 aliphatic carbocycles. The zero-order valence-electron chi connectivity index (χ0n) is 22.6. The summed E-state index contributed by atoms with van der Waals surface area (Å²) < 4.78 is 40.2. The second-order valence-electron chi connectivity index (χ2n) is 9.33. The number of piperazine rings is 1. The van der Waals surface area contributed by atoms with Gasteiger partial charge in [0.25, 0.3) is 15.9 Å². The van der Waals surface area contributed by atoms with Crippen molar-refractivity contribution < 1.29 is 22.7 Å². The van der Waals surface area contributed by atoms with Gasteiger partial charge in [-0.15, -0.1) is 0 Å². The Kier molecular flexibility index (Phi) is 8.83. The highest BCUT2D eigenvalue weighted by Gasteiger charge is 2.23. The summed E-state index contributed by atoms with van der Waals surface area (Å²) in [7, 11) is -0.657. The minimum atomic E-state index is -3.89. The Morgan fingerprint density at radius 2 is 1.73 bits per heavy atom. The summed E-state index contributed by atoms with van der Waals surface area (Å²) in [6.07, 6.45) is 0. The first-order chi connectivity index (χ1) is 19.8. The molecule has 0 saturated carbocycles. The van der Waals surface area contributed by atoms with Gasteiger partial charge in [0.1, 0.15) is 5.52 Å². The number of amides is 1. The average Bonchev–Trinajstić information content (AvgIpc) is 3.41. The number of nitrogens with one attached hydrogen (secondary N) is 2. The van der Waals surface area contributed by atoms with Crippen LogP contribution in [-0.2, 0) is 10.0 Å². The van der Waals surface area contributed by atoms with Crippen molar-refractivity contribution in [3.05, 3.63) is 71.2 Å². The van der Waals surface area contributed by atoms with Gasteiger partial charge in [-0.3, -0.25) is 14.4 Å². The largest absolute Gasteiger partial charge is 0.493 e. The Hall–Kier alpha value is -3.58. The van der Waals surface area contributed by atoms with Gasteiger partial charge in [0, 0.05) is 44.3 Å². The lowest BCUT2D eigenvalue weighted by Crippen LogP contribution is -2.48. The number of nitrogens with zero attached hydrogens (tertiary/aromatic N) is 3. The van der Waals surface area contributed by atoms with Crippen LogP contribution in [0.15, 0.2) is 65.6 Å². The maximum Gasteiger partial charge on any atom is 0.261 e. The van der Waals surface area contributed by atoms with E-state index in [1.54, 1.807) is 49.8 Å². The van der Waals surface area contributed by atoms with Crippen LogP contribution < -0.4 is 24.4 Å². The highest BCUT2D eigenvalue weighted by molar-refractivity contribution is 7.92. The van der Waals surface area contributed by atoms with Crippen LogP contribution in [0.4, 0.5) is 10.8 Å². The molecule has 41 heavy (non-hydrogen) atoms. The first-order valence-corrected chi connectivity index (χ1v) is 15.6. The van der Waals surface area contributed by atoms with Crippen LogP contribution in [-0.4, -0.2) is 77.7 Å². The molecule has 0 atom stereocenters. The fourth-order valence-corrected chi connectivity index (χ4v) is 6.83. The molecule has 13 heteroatoms. The molecule has 1 aromatic heterocycles. The first kappa shape index (κ1) is 28.9. The number of anilines is 2. The van der Waals surface area contributed by atoms with Crippen LogP contribution >= 0.6 is 22.9 Å². The number of halogens is 1. The summed E-state index contributed by atoms with van der Waals surface area (Å²) >= 11 is 7.51. The van der Waals surface area contributed by atoms with Crippen LogP contribution in [0.25, 0.3) is 10.2 Å². The fourth-order valence-electron chi connectivity index (χ4n) is 4.61. The Balaban J connectivity index is 1.15. The van der Waals surface area contributed by atoms with E-state index in [0.29, 0.717) is 29.6 Å². The average molecular weight is 616 g/mol. The summed E-state index contributed by atoms with van der Waals surface area (Å²) in [5.74, 6) is 0.948. The lowest BCUT2D eigenvalue weighted by molar-refractivity contribution is 0.0948. The Bertz CT molecular complexity index is 1640. The van der Waals surface area contributed by atoms with Gasteiger partial charge in [0.2, 0.25) is 0 Å². The van der Waals surface area contributed by atoms with Crippen molar-refractivity contribution in [3.63, 3.8) is 0 Å². The number of sulfonamides is 1. The molecule has 0 unspecified atom stereocenters. The summed E-state index contributed by atoms with van der Waals surface area (Å²) in [6.45, 7) is 4.36. The molecular formula is C28H30ClN5O5S2. The third-order valence-corrected chi connectivity index (χ3v) is 9.50. The van der Waals surface area contributed by atoms with Crippen molar-refractivity contribution >= 4 is 59.9 Å². The molecule has 5 rings (SSSR count). The van der Waals surface area contributed by atoms with Crippen LogP contribution in [0.3, 0.4) is 0 Å². The predicted molar refractivity (Wildman–Crippen MR) is 162 cm³/mol. The molecular weight excluding hydrogens is 586 g/mol. The van der Waals surface area contributed by atoms with Gasteiger partial charge >= 0.3 is 0 Å².